The molecule has 1 aromatic carbocycles. The molecule has 0 aliphatic heterocycles. The van der Waals surface area contributed by atoms with E-state index in [1.807, 2.05) is 0 Å². The first-order chi connectivity index (χ1) is 8.74. The van der Waals surface area contributed by atoms with Crippen molar-refractivity contribution in [2.45, 2.75) is 26.1 Å². The van der Waals surface area contributed by atoms with Crippen LogP contribution >= 0.6 is 11.6 Å². The average Bonchev–Trinajstić information content (AvgIpc) is 2.30. The van der Waals surface area contributed by atoms with Gasteiger partial charge in [-0.05, 0) is 31.5 Å². The topological polar surface area (TPSA) is 38.3 Å². The molecule has 0 heterocycles. The Kier molecular flexibility index (Phi) is 5.05. The molecule has 0 saturated heterocycles. The number of carbonyl (C=O) groups excluding carboxylic acids is 1. The zero-order valence-electron chi connectivity index (χ0n) is 10.2. The summed E-state index contributed by atoms with van der Waals surface area (Å²) in [5.41, 5.74) is -1.05. The highest BCUT2D eigenvalue weighted by molar-refractivity contribution is 6.33. The van der Waals surface area contributed by atoms with E-state index in [1.54, 1.807) is 20.3 Å². The summed E-state index contributed by atoms with van der Waals surface area (Å²) in [6.07, 6.45) is -4.21. The minimum Gasteiger partial charge on any atom is -0.446 e. The number of halogens is 4. The highest BCUT2D eigenvalue weighted by Crippen LogP contribution is 2.33. The molecule has 1 amide bonds. The van der Waals surface area contributed by atoms with Crippen LogP contribution in [-0.4, -0.2) is 12.2 Å². The Balaban J connectivity index is 2.86. The van der Waals surface area contributed by atoms with Gasteiger partial charge in [-0.1, -0.05) is 18.5 Å². The molecule has 0 aliphatic rings. The van der Waals surface area contributed by atoms with E-state index in [0.717, 1.165) is 18.2 Å². The molecule has 0 bridgehead atoms. The lowest BCUT2D eigenvalue weighted by atomic mass is 10.2. The van der Waals surface area contributed by atoms with Crippen molar-refractivity contribution in [2.24, 2.45) is 0 Å². The van der Waals surface area contributed by atoms with Crippen molar-refractivity contribution in [3.8, 4) is 0 Å². The van der Waals surface area contributed by atoms with Crippen molar-refractivity contribution >= 4 is 23.4 Å². The quantitative estimate of drug-likeness (QED) is 0.890. The summed E-state index contributed by atoms with van der Waals surface area (Å²) in [6.45, 7) is 3.31. The predicted octanol–water partition coefficient (Wildman–Crippen LogP) is 4.52. The van der Waals surface area contributed by atoms with Gasteiger partial charge >= 0.3 is 12.3 Å². The Morgan fingerprint density at radius 1 is 1.47 bits per heavy atom. The number of nitrogens with one attached hydrogen (secondary N) is 1. The van der Waals surface area contributed by atoms with Crippen LogP contribution in [0.1, 0.15) is 19.4 Å². The van der Waals surface area contributed by atoms with Crippen LogP contribution in [-0.2, 0) is 10.9 Å². The normalized spacial score (nSPS) is 12.9. The largest absolute Gasteiger partial charge is 0.446 e. The summed E-state index contributed by atoms with van der Waals surface area (Å²) in [5.74, 6) is 0. The minimum atomic E-state index is -4.50. The Labute approximate surface area is 113 Å². The van der Waals surface area contributed by atoms with Gasteiger partial charge in [-0.2, -0.15) is 13.2 Å². The van der Waals surface area contributed by atoms with Crippen molar-refractivity contribution in [1.29, 1.82) is 0 Å². The number of carbonyl (C=O) groups is 1. The fraction of sp³-hybridized carbons (Fsp3) is 0.333. The van der Waals surface area contributed by atoms with Gasteiger partial charge in [0.05, 0.1) is 16.3 Å². The number of anilines is 1. The maximum atomic E-state index is 12.5. The van der Waals surface area contributed by atoms with Gasteiger partial charge in [-0.15, -0.1) is 0 Å². The molecule has 0 saturated carbocycles. The standard InChI is InChI=1S/C12H12ClF3NO2/c1-3-7(2)19-11(18)17-10-6-8(12(14,15)16)4-5-9(10)13/h3-7H,1-2H3,(H,17,18). The Morgan fingerprint density at radius 2 is 2.11 bits per heavy atom. The van der Waals surface area contributed by atoms with Crippen LogP contribution in [0.2, 0.25) is 5.02 Å². The van der Waals surface area contributed by atoms with E-state index in [0.29, 0.717) is 0 Å². The van der Waals surface area contributed by atoms with Crippen LogP contribution in [0.3, 0.4) is 0 Å². The highest BCUT2D eigenvalue weighted by Gasteiger charge is 2.31. The second-order valence-corrected chi connectivity index (χ2v) is 4.17. The van der Waals surface area contributed by atoms with E-state index in [2.05, 4.69) is 5.32 Å². The summed E-state index contributed by atoms with van der Waals surface area (Å²) in [4.78, 5) is 11.4. The van der Waals surface area contributed by atoms with Crippen LogP contribution < -0.4 is 5.32 Å². The van der Waals surface area contributed by atoms with Crippen molar-refractivity contribution < 1.29 is 22.7 Å². The maximum Gasteiger partial charge on any atom is 0.416 e. The molecule has 0 aliphatic carbocycles. The van der Waals surface area contributed by atoms with Gasteiger partial charge in [0, 0.05) is 0 Å². The number of ether oxygens (including phenoxy) is 1. The average molecular weight is 295 g/mol. The lowest BCUT2D eigenvalue weighted by Crippen LogP contribution is -2.20. The molecule has 1 rings (SSSR count). The smallest absolute Gasteiger partial charge is 0.416 e. The molecular formula is C12H12ClF3NO2. The van der Waals surface area contributed by atoms with E-state index in [-0.39, 0.29) is 10.7 Å². The van der Waals surface area contributed by atoms with E-state index in [4.69, 9.17) is 16.3 Å². The lowest BCUT2D eigenvalue weighted by Gasteiger charge is -2.14. The molecule has 1 atom stereocenters. The number of hydrogen-bond acceptors (Lipinski definition) is 2. The monoisotopic (exact) mass is 294 g/mol. The van der Waals surface area contributed by atoms with Gasteiger partial charge in [-0.25, -0.2) is 4.79 Å². The van der Waals surface area contributed by atoms with Gasteiger partial charge in [0.15, 0.2) is 0 Å². The van der Waals surface area contributed by atoms with Crippen LogP contribution in [0.5, 0.6) is 0 Å². The van der Waals surface area contributed by atoms with Crippen LogP contribution in [0.4, 0.5) is 23.7 Å². The Morgan fingerprint density at radius 3 is 2.63 bits per heavy atom. The lowest BCUT2D eigenvalue weighted by molar-refractivity contribution is -0.137. The van der Waals surface area contributed by atoms with Crippen molar-refractivity contribution in [1.82, 2.24) is 0 Å². The summed E-state index contributed by atoms with van der Waals surface area (Å²) < 4.78 is 42.4. The zero-order valence-corrected chi connectivity index (χ0v) is 11.0. The second-order valence-electron chi connectivity index (χ2n) is 3.76. The molecule has 0 aromatic heterocycles. The van der Waals surface area contributed by atoms with Gasteiger partial charge in [-0.3, -0.25) is 5.32 Å². The number of benzene rings is 1. The van der Waals surface area contributed by atoms with Gasteiger partial charge in [0.1, 0.15) is 6.10 Å². The Bertz CT molecular complexity index is 463. The first-order valence-electron chi connectivity index (χ1n) is 5.38. The molecule has 3 nitrogen and oxygen atoms in total. The molecule has 1 unspecified atom stereocenters. The highest BCUT2D eigenvalue weighted by atomic mass is 35.5. The third-order valence-electron chi connectivity index (χ3n) is 2.29. The van der Waals surface area contributed by atoms with Crippen molar-refractivity contribution in [2.75, 3.05) is 5.32 Å². The van der Waals surface area contributed by atoms with E-state index in [9.17, 15) is 18.0 Å². The third kappa shape index (κ3) is 4.63. The molecule has 19 heavy (non-hydrogen) atoms. The van der Waals surface area contributed by atoms with Crippen LogP contribution in [0, 0.1) is 6.42 Å². The molecular weight excluding hydrogens is 283 g/mol. The maximum absolute atomic E-state index is 12.5. The van der Waals surface area contributed by atoms with Crippen molar-refractivity contribution in [3.63, 3.8) is 0 Å². The van der Waals surface area contributed by atoms with Crippen LogP contribution in [0.15, 0.2) is 18.2 Å². The van der Waals surface area contributed by atoms with Gasteiger partial charge < -0.3 is 4.74 Å². The van der Waals surface area contributed by atoms with E-state index >= 15 is 0 Å². The Hall–Kier alpha value is -1.43. The summed E-state index contributed by atoms with van der Waals surface area (Å²) in [7, 11) is 0. The molecule has 105 valence electrons. The second kappa shape index (κ2) is 6.14. The summed E-state index contributed by atoms with van der Waals surface area (Å²) in [6, 6.07) is 2.65. The molecule has 1 radical (unpaired) electrons. The predicted molar refractivity (Wildman–Crippen MR) is 66.0 cm³/mol. The molecule has 1 aromatic rings. The van der Waals surface area contributed by atoms with E-state index < -0.39 is 23.9 Å². The van der Waals surface area contributed by atoms with Gasteiger partial charge in [0.2, 0.25) is 0 Å². The van der Waals surface area contributed by atoms with Crippen molar-refractivity contribution in [3.05, 3.63) is 35.2 Å². The summed E-state index contributed by atoms with van der Waals surface area (Å²) >= 11 is 5.72. The minimum absolute atomic E-state index is 0.00178. The fourth-order valence-electron chi connectivity index (χ4n) is 1.17. The number of alkyl halides is 3. The molecule has 1 N–H and O–H groups in total. The summed E-state index contributed by atoms with van der Waals surface area (Å²) in [5, 5.41) is 2.17. The third-order valence-corrected chi connectivity index (χ3v) is 2.62. The van der Waals surface area contributed by atoms with E-state index in [1.165, 1.54) is 0 Å². The molecule has 0 spiro atoms. The van der Waals surface area contributed by atoms with Gasteiger partial charge in [0.25, 0.3) is 0 Å². The SMILES string of the molecule is C[CH]C(C)OC(=O)Nc1cc(C(F)(F)F)ccc1Cl. The first-order valence-corrected chi connectivity index (χ1v) is 5.75. The fourth-order valence-corrected chi connectivity index (χ4v) is 1.34. The number of amides is 1. The molecule has 7 heteroatoms. The number of rotatable bonds is 3. The zero-order chi connectivity index (χ0) is 14.6. The number of hydrogen-bond donors (Lipinski definition) is 1. The first kappa shape index (κ1) is 15.6. The van der Waals surface area contributed by atoms with Crippen LogP contribution in [0.25, 0.3) is 0 Å². The molecule has 0 fully saturated rings.